The number of carbonyl (C=O) groups is 3. The molecule has 1 spiro atoms. The molecule has 3 saturated heterocycles. The maximum Gasteiger partial charge on any atom is 0.251 e. The van der Waals surface area contributed by atoms with Gasteiger partial charge in [-0.2, -0.15) is 0 Å². The molecule has 1 N–H and O–H groups in total. The first-order valence-electron chi connectivity index (χ1n) is 12.7. The van der Waals surface area contributed by atoms with Gasteiger partial charge in [0.2, 0.25) is 11.8 Å². The monoisotopic (exact) mass is 527 g/mol. The minimum atomic E-state index is -0.818. The van der Waals surface area contributed by atoms with E-state index in [0.717, 1.165) is 6.42 Å². The zero-order valence-corrected chi connectivity index (χ0v) is 22.8. The largest absolute Gasteiger partial charge is 0.497 e. The molecular weight excluding hydrogens is 490 g/mol. The number of nitrogens with zero attached hydrogens (tertiary/aromatic N) is 3. The van der Waals surface area contributed by atoms with Gasteiger partial charge in [0.25, 0.3) is 5.91 Å². The third-order valence-electron chi connectivity index (χ3n) is 8.18. The van der Waals surface area contributed by atoms with E-state index in [1.54, 1.807) is 71.8 Å². The van der Waals surface area contributed by atoms with Crippen molar-refractivity contribution in [3.05, 3.63) is 49.6 Å². The second-order valence-electron chi connectivity index (χ2n) is 10.3. The van der Waals surface area contributed by atoms with Gasteiger partial charge >= 0.3 is 0 Å². The van der Waals surface area contributed by atoms with Gasteiger partial charge < -0.3 is 24.5 Å². The van der Waals surface area contributed by atoms with Gasteiger partial charge in [-0.3, -0.25) is 14.4 Å². The Morgan fingerprint density at radius 3 is 2.46 bits per heavy atom. The molecule has 3 fully saturated rings. The Bertz CT molecular complexity index is 1080. The van der Waals surface area contributed by atoms with Crippen molar-refractivity contribution in [2.45, 2.75) is 42.3 Å². The van der Waals surface area contributed by atoms with Crippen molar-refractivity contribution in [2.24, 2.45) is 17.8 Å². The standard InChI is InChI=1S/C28H37N3O5S/c1-7-13-29(5)25(33)22-21-15-17(3)28(37-21)23(22)26(34)31(18(4)16-32)24(28)27(35)30(14-8-2)19-9-11-20(36-6)12-10-19/h7-12,17-18,21-24,32H,1-2,13-16H2,3-6H3/t17?,18-,21+,22-,23+,24?,28?/m1/s1. The summed E-state index contributed by atoms with van der Waals surface area (Å²) in [4.78, 5) is 47.0. The zero-order chi connectivity index (χ0) is 27.1. The predicted molar refractivity (Wildman–Crippen MR) is 145 cm³/mol. The SMILES string of the molecule is C=CCN(C)C(=O)[C@@H]1[C@@H]2CC(C)C3(S2)C(C(=O)N(CC=C)c2ccc(OC)cc2)N([C@H](C)CO)C(=O)[C@H]13. The molecule has 3 aliphatic heterocycles. The first-order valence-corrected chi connectivity index (χ1v) is 13.6. The highest BCUT2D eigenvalue weighted by Gasteiger charge is 2.76. The minimum absolute atomic E-state index is 0.0384. The van der Waals surface area contributed by atoms with Crippen molar-refractivity contribution < 1.29 is 24.2 Å². The lowest BCUT2D eigenvalue weighted by Crippen LogP contribution is -2.59. The molecule has 3 unspecified atom stereocenters. The molecule has 37 heavy (non-hydrogen) atoms. The van der Waals surface area contributed by atoms with Gasteiger partial charge in [0.05, 0.1) is 36.3 Å². The van der Waals surface area contributed by atoms with E-state index in [9.17, 15) is 19.5 Å². The van der Waals surface area contributed by atoms with Crippen LogP contribution in [0.3, 0.4) is 0 Å². The Labute approximate surface area is 223 Å². The van der Waals surface area contributed by atoms with Crippen LogP contribution in [-0.4, -0.2) is 88.6 Å². The van der Waals surface area contributed by atoms with Gasteiger partial charge in [0.15, 0.2) is 0 Å². The molecule has 0 aromatic heterocycles. The van der Waals surface area contributed by atoms with Gasteiger partial charge in [-0.1, -0.05) is 19.1 Å². The van der Waals surface area contributed by atoms with Crippen LogP contribution < -0.4 is 9.64 Å². The third-order valence-corrected chi connectivity index (χ3v) is 10.3. The van der Waals surface area contributed by atoms with E-state index in [0.29, 0.717) is 18.0 Å². The quantitative estimate of drug-likeness (QED) is 0.471. The highest BCUT2D eigenvalue weighted by atomic mass is 32.2. The number of fused-ring (bicyclic) bond motifs is 1. The van der Waals surface area contributed by atoms with E-state index < -0.39 is 28.7 Å². The summed E-state index contributed by atoms with van der Waals surface area (Å²) in [5, 5.41) is 10.1. The van der Waals surface area contributed by atoms with E-state index >= 15 is 0 Å². The number of ether oxygens (including phenoxy) is 1. The molecule has 7 atom stereocenters. The van der Waals surface area contributed by atoms with Crippen LogP contribution in [0.1, 0.15) is 20.3 Å². The predicted octanol–water partition coefficient (Wildman–Crippen LogP) is 2.58. The highest BCUT2D eigenvalue weighted by molar-refractivity contribution is 8.02. The Balaban J connectivity index is 1.81. The molecule has 3 heterocycles. The maximum absolute atomic E-state index is 14.5. The summed E-state index contributed by atoms with van der Waals surface area (Å²) in [5.41, 5.74) is 0.665. The molecule has 200 valence electrons. The van der Waals surface area contributed by atoms with Crippen molar-refractivity contribution in [3.63, 3.8) is 0 Å². The van der Waals surface area contributed by atoms with Gasteiger partial charge in [-0.15, -0.1) is 24.9 Å². The molecule has 1 aromatic rings. The van der Waals surface area contributed by atoms with Crippen molar-refractivity contribution in [1.82, 2.24) is 9.80 Å². The summed E-state index contributed by atoms with van der Waals surface area (Å²) >= 11 is 1.63. The summed E-state index contributed by atoms with van der Waals surface area (Å²) in [6.45, 7) is 11.8. The number of likely N-dealkylation sites (N-methyl/N-ethyl adjacent to an activating group) is 1. The Kier molecular flexibility index (Phi) is 7.76. The molecule has 3 amide bonds. The number of hydrogen-bond donors (Lipinski definition) is 1. The molecule has 4 rings (SSSR count). The Morgan fingerprint density at radius 2 is 1.89 bits per heavy atom. The molecule has 2 bridgehead atoms. The highest BCUT2D eigenvalue weighted by Crippen LogP contribution is 2.69. The number of hydrogen-bond acceptors (Lipinski definition) is 6. The first-order chi connectivity index (χ1) is 17.7. The fourth-order valence-corrected chi connectivity index (χ4v) is 8.88. The topological polar surface area (TPSA) is 90.4 Å². The lowest BCUT2D eigenvalue weighted by molar-refractivity contribution is -0.144. The van der Waals surface area contributed by atoms with Gasteiger partial charge in [0, 0.05) is 31.1 Å². The number of anilines is 1. The molecule has 3 aliphatic rings. The third kappa shape index (κ3) is 4.16. The lowest BCUT2D eigenvalue weighted by Gasteiger charge is -2.41. The van der Waals surface area contributed by atoms with Crippen molar-refractivity contribution in [1.29, 1.82) is 0 Å². The van der Waals surface area contributed by atoms with Crippen LogP contribution in [0.5, 0.6) is 5.75 Å². The van der Waals surface area contributed by atoms with E-state index in [4.69, 9.17) is 4.74 Å². The lowest BCUT2D eigenvalue weighted by atomic mass is 9.65. The number of benzene rings is 1. The van der Waals surface area contributed by atoms with Crippen molar-refractivity contribution in [2.75, 3.05) is 38.8 Å². The molecule has 1 aromatic carbocycles. The number of amides is 3. The molecule has 0 aliphatic carbocycles. The smallest absolute Gasteiger partial charge is 0.251 e. The number of carbonyl (C=O) groups excluding carboxylic acids is 3. The minimum Gasteiger partial charge on any atom is -0.497 e. The number of thioether (sulfide) groups is 1. The molecule has 0 radical (unpaired) electrons. The number of likely N-dealkylation sites (tertiary alicyclic amines) is 1. The number of aliphatic hydroxyl groups excluding tert-OH is 1. The van der Waals surface area contributed by atoms with E-state index in [-0.39, 0.29) is 42.0 Å². The maximum atomic E-state index is 14.5. The Hall–Kier alpha value is -2.78. The average molecular weight is 528 g/mol. The van der Waals surface area contributed by atoms with Gasteiger partial charge in [0.1, 0.15) is 11.8 Å². The van der Waals surface area contributed by atoms with Crippen molar-refractivity contribution >= 4 is 35.2 Å². The van der Waals surface area contributed by atoms with E-state index in [2.05, 4.69) is 20.1 Å². The number of methoxy groups -OCH3 is 1. The summed E-state index contributed by atoms with van der Waals surface area (Å²) in [7, 11) is 3.31. The molecule has 0 saturated carbocycles. The fourth-order valence-electron chi connectivity index (χ4n) is 6.48. The van der Waals surface area contributed by atoms with Crippen LogP contribution in [0.15, 0.2) is 49.6 Å². The molecule has 8 nitrogen and oxygen atoms in total. The van der Waals surface area contributed by atoms with Gasteiger partial charge in [-0.25, -0.2) is 0 Å². The van der Waals surface area contributed by atoms with Crippen LogP contribution in [0.2, 0.25) is 0 Å². The summed E-state index contributed by atoms with van der Waals surface area (Å²) in [6, 6.07) is 5.81. The van der Waals surface area contributed by atoms with E-state index in [1.807, 2.05) is 12.1 Å². The molecular formula is C28H37N3O5S. The number of rotatable bonds is 10. The second kappa shape index (κ2) is 10.5. The zero-order valence-electron chi connectivity index (χ0n) is 22.0. The van der Waals surface area contributed by atoms with E-state index in [1.165, 1.54) is 0 Å². The van der Waals surface area contributed by atoms with Crippen LogP contribution in [-0.2, 0) is 14.4 Å². The van der Waals surface area contributed by atoms with Crippen LogP contribution in [0.25, 0.3) is 0 Å². The van der Waals surface area contributed by atoms with Crippen LogP contribution >= 0.6 is 11.8 Å². The number of aliphatic hydroxyl groups is 1. The second-order valence-corrected chi connectivity index (χ2v) is 11.8. The van der Waals surface area contributed by atoms with Crippen LogP contribution in [0, 0.1) is 17.8 Å². The fraction of sp³-hybridized carbons (Fsp3) is 0.536. The van der Waals surface area contributed by atoms with Gasteiger partial charge in [-0.05, 0) is 43.5 Å². The summed E-state index contributed by atoms with van der Waals surface area (Å²) in [5.74, 6) is -0.977. The van der Waals surface area contributed by atoms with Crippen LogP contribution in [0.4, 0.5) is 5.69 Å². The molecule has 9 heteroatoms. The first kappa shape index (κ1) is 27.3. The normalized spacial score (nSPS) is 30.6. The summed E-state index contributed by atoms with van der Waals surface area (Å²) < 4.78 is 4.52. The van der Waals surface area contributed by atoms with Crippen molar-refractivity contribution in [3.8, 4) is 5.75 Å². The average Bonchev–Trinajstić information content (AvgIpc) is 3.49. The summed E-state index contributed by atoms with van der Waals surface area (Å²) in [6.07, 6.45) is 4.08. The Morgan fingerprint density at radius 1 is 1.24 bits per heavy atom.